The van der Waals surface area contributed by atoms with Crippen molar-refractivity contribution in [1.82, 2.24) is 5.32 Å². The highest BCUT2D eigenvalue weighted by molar-refractivity contribution is 5.18. The van der Waals surface area contributed by atoms with Gasteiger partial charge < -0.3 is 5.32 Å². The lowest BCUT2D eigenvalue weighted by Gasteiger charge is -2.11. The van der Waals surface area contributed by atoms with E-state index in [1.807, 2.05) is 0 Å². The molecule has 1 aliphatic carbocycles. The average Bonchev–Trinajstić information content (AvgIpc) is 2.84. The maximum absolute atomic E-state index is 13.3. The molecule has 0 saturated heterocycles. The number of unbranched alkanes of at least 4 members (excludes halogenated alkanes) is 1. The number of halogens is 2. The number of hydrogen-bond donors (Lipinski definition) is 1. The molecule has 2 rings (SSSR count). The molecule has 0 atom stereocenters. The highest BCUT2D eigenvalue weighted by atomic mass is 19.1. The molecule has 0 aromatic heterocycles. The molecule has 1 nitrogen and oxygen atoms in total. The molecule has 1 fully saturated rings. The molecule has 3 heteroatoms. The van der Waals surface area contributed by atoms with E-state index in [0.717, 1.165) is 25.5 Å². The largest absolute Gasteiger partial charge is 0.314 e. The summed E-state index contributed by atoms with van der Waals surface area (Å²) in [7, 11) is 0. The van der Waals surface area contributed by atoms with Crippen molar-refractivity contribution in [2.24, 2.45) is 0 Å². The zero-order chi connectivity index (χ0) is 12.8. The molecule has 100 valence electrons. The Morgan fingerprint density at radius 2 is 1.89 bits per heavy atom. The van der Waals surface area contributed by atoms with Crippen LogP contribution >= 0.6 is 0 Å². The Labute approximate surface area is 108 Å². The Morgan fingerprint density at radius 3 is 2.61 bits per heavy atom. The van der Waals surface area contributed by atoms with Crippen molar-refractivity contribution in [2.75, 3.05) is 6.54 Å². The summed E-state index contributed by atoms with van der Waals surface area (Å²) in [5, 5.41) is 3.54. The van der Waals surface area contributed by atoms with Crippen LogP contribution in [0.15, 0.2) is 18.2 Å². The van der Waals surface area contributed by atoms with Crippen LogP contribution in [-0.2, 0) is 6.42 Å². The molecular weight excluding hydrogens is 232 g/mol. The van der Waals surface area contributed by atoms with Gasteiger partial charge in [-0.2, -0.15) is 0 Å². The summed E-state index contributed by atoms with van der Waals surface area (Å²) >= 11 is 0. The molecule has 0 unspecified atom stereocenters. The number of rotatable bonds is 6. The molecule has 0 bridgehead atoms. The monoisotopic (exact) mass is 253 g/mol. The van der Waals surface area contributed by atoms with E-state index < -0.39 is 11.6 Å². The van der Waals surface area contributed by atoms with Crippen molar-refractivity contribution in [3.05, 3.63) is 35.4 Å². The van der Waals surface area contributed by atoms with E-state index in [4.69, 9.17) is 0 Å². The van der Waals surface area contributed by atoms with Gasteiger partial charge in [0.05, 0.1) is 0 Å². The average molecular weight is 253 g/mol. The maximum Gasteiger partial charge on any atom is 0.129 e. The van der Waals surface area contributed by atoms with E-state index in [-0.39, 0.29) is 0 Å². The van der Waals surface area contributed by atoms with Crippen LogP contribution in [0.3, 0.4) is 0 Å². The molecule has 1 aliphatic rings. The van der Waals surface area contributed by atoms with E-state index in [9.17, 15) is 8.78 Å². The molecule has 1 saturated carbocycles. The molecule has 1 aromatic carbocycles. The molecule has 1 aromatic rings. The summed E-state index contributed by atoms with van der Waals surface area (Å²) in [6.45, 7) is 1.01. The lowest BCUT2D eigenvalue weighted by Crippen LogP contribution is -2.26. The minimum absolute atomic E-state index is 0.418. The van der Waals surface area contributed by atoms with Crippen LogP contribution in [0.2, 0.25) is 0 Å². The Kier molecular flexibility index (Phi) is 5.12. The van der Waals surface area contributed by atoms with Gasteiger partial charge in [-0.3, -0.25) is 0 Å². The second kappa shape index (κ2) is 6.83. The fourth-order valence-corrected chi connectivity index (χ4v) is 2.60. The highest BCUT2D eigenvalue weighted by Crippen LogP contribution is 2.17. The number of hydrogen-bond acceptors (Lipinski definition) is 1. The first kappa shape index (κ1) is 13.5. The smallest absolute Gasteiger partial charge is 0.129 e. The minimum atomic E-state index is -0.501. The van der Waals surface area contributed by atoms with Crippen LogP contribution in [0.1, 0.15) is 44.1 Å². The quantitative estimate of drug-likeness (QED) is 0.760. The van der Waals surface area contributed by atoms with Gasteiger partial charge in [-0.05, 0) is 50.3 Å². The Morgan fingerprint density at radius 1 is 1.11 bits per heavy atom. The van der Waals surface area contributed by atoms with Gasteiger partial charge in [-0.25, -0.2) is 8.78 Å². The number of aryl methyl sites for hydroxylation is 1. The molecule has 1 N–H and O–H groups in total. The van der Waals surface area contributed by atoms with E-state index in [2.05, 4.69) is 5.32 Å². The van der Waals surface area contributed by atoms with E-state index in [1.54, 1.807) is 6.07 Å². The second-order valence-electron chi connectivity index (χ2n) is 5.13. The summed E-state index contributed by atoms with van der Waals surface area (Å²) in [4.78, 5) is 0. The molecule has 18 heavy (non-hydrogen) atoms. The van der Waals surface area contributed by atoms with E-state index in [1.165, 1.54) is 31.7 Å². The van der Waals surface area contributed by atoms with Crippen LogP contribution in [0.25, 0.3) is 0 Å². The van der Waals surface area contributed by atoms with Gasteiger partial charge in [0.1, 0.15) is 11.6 Å². The molecule has 0 radical (unpaired) electrons. The molecule has 0 aliphatic heterocycles. The third kappa shape index (κ3) is 4.05. The Hall–Kier alpha value is -0.960. The van der Waals surface area contributed by atoms with Gasteiger partial charge in [0.25, 0.3) is 0 Å². The summed E-state index contributed by atoms with van der Waals surface area (Å²) in [5.41, 5.74) is 0.622. The van der Waals surface area contributed by atoms with Crippen LogP contribution in [-0.4, -0.2) is 12.6 Å². The van der Waals surface area contributed by atoms with Crippen molar-refractivity contribution < 1.29 is 8.78 Å². The van der Waals surface area contributed by atoms with Gasteiger partial charge in [-0.15, -0.1) is 0 Å². The zero-order valence-corrected chi connectivity index (χ0v) is 10.7. The molecule has 0 spiro atoms. The van der Waals surface area contributed by atoms with Crippen LogP contribution in [0, 0.1) is 11.6 Å². The normalized spacial score (nSPS) is 16.3. The van der Waals surface area contributed by atoms with Gasteiger partial charge >= 0.3 is 0 Å². The topological polar surface area (TPSA) is 12.0 Å². The SMILES string of the molecule is Fc1ccc(CCCCNC2CCCC2)c(F)c1. The van der Waals surface area contributed by atoms with E-state index in [0.29, 0.717) is 18.0 Å². The van der Waals surface area contributed by atoms with Crippen molar-refractivity contribution in [2.45, 2.75) is 51.0 Å². The first-order valence-electron chi connectivity index (χ1n) is 6.93. The zero-order valence-electron chi connectivity index (χ0n) is 10.7. The van der Waals surface area contributed by atoms with E-state index >= 15 is 0 Å². The molecular formula is C15H21F2N. The third-order valence-electron chi connectivity index (χ3n) is 3.68. The highest BCUT2D eigenvalue weighted by Gasteiger charge is 2.13. The summed E-state index contributed by atoms with van der Waals surface area (Å²) in [5.74, 6) is -0.919. The maximum atomic E-state index is 13.3. The fraction of sp³-hybridized carbons (Fsp3) is 0.600. The fourth-order valence-electron chi connectivity index (χ4n) is 2.60. The lowest BCUT2D eigenvalue weighted by molar-refractivity contribution is 0.505. The third-order valence-corrected chi connectivity index (χ3v) is 3.68. The predicted octanol–water partition coefficient (Wildman–Crippen LogP) is 3.82. The molecule has 0 heterocycles. The lowest BCUT2D eigenvalue weighted by atomic mass is 10.1. The van der Waals surface area contributed by atoms with Crippen LogP contribution in [0.4, 0.5) is 8.78 Å². The second-order valence-corrected chi connectivity index (χ2v) is 5.13. The Balaban J connectivity index is 1.62. The minimum Gasteiger partial charge on any atom is -0.314 e. The number of nitrogens with one attached hydrogen (secondary N) is 1. The first-order chi connectivity index (χ1) is 8.75. The van der Waals surface area contributed by atoms with Gasteiger partial charge in [0.15, 0.2) is 0 Å². The van der Waals surface area contributed by atoms with Crippen LogP contribution < -0.4 is 5.32 Å². The van der Waals surface area contributed by atoms with Gasteiger partial charge in [0, 0.05) is 12.1 Å². The molecule has 0 amide bonds. The summed E-state index contributed by atoms with van der Waals surface area (Å²) < 4.78 is 26.1. The van der Waals surface area contributed by atoms with Crippen molar-refractivity contribution >= 4 is 0 Å². The van der Waals surface area contributed by atoms with Gasteiger partial charge in [0.2, 0.25) is 0 Å². The van der Waals surface area contributed by atoms with Crippen molar-refractivity contribution in [3.63, 3.8) is 0 Å². The number of benzene rings is 1. The summed E-state index contributed by atoms with van der Waals surface area (Å²) in [6.07, 6.45) is 7.98. The Bertz CT molecular complexity index is 373. The standard InChI is InChI=1S/C15H21F2N/c16-13-9-8-12(15(17)11-13)5-3-4-10-18-14-6-1-2-7-14/h8-9,11,14,18H,1-7,10H2. The predicted molar refractivity (Wildman–Crippen MR) is 69.6 cm³/mol. The van der Waals surface area contributed by atoms with Gasteiger partial charge in [-0.1, -0.05) is 18.9 Å². The first-order valence-corrected chi connectivity index (χ1v) is 6.93. The van der Waals surface area contributed by atoms with Crippen molar-refractivity contribution in [1.29, 1.82) is 0 Å². The van der Waals surface area contributed by atoms with Crippen LogP contribution in [0.5, 0.6) is 0 Å². The van der Waals surface area contributed by atoms with Crippen molar-refractivity contribution in [3.8, 4) is 0 Å². The summed E-state index contributed by atoms with van der Waals surface area (Å²) in [6, 6.07) is 4.55.